The predicted octanol–water partition coefficient (Wildman–Crippen LogP) is 3.44. The van der Waals surface area contributed by atoms with Crippen molar-refractivity contribution in [2.75, 3.05) is 19.6 Å². The molecule has 5 nitrogen and oxygen atoms in total. The van der Waals surface area contributed by atoms with Gasteiger partial charge in [-0.05, 0) is 12.0 Å². The van der Waals surface area contributed by atoms with Gasteiger partial charge >= 0.3 is 0 Å². The first-order chi connectivity index (χ1) is 13.2. The van der Waals surface area contributed by atoms with Crippen LogP contribution >= 0.6 is 11.3 Å². The Balaban J connectivity index is 1.75. The second kappa shape index (κ2) is 7.72. The van der Waals surface area contributed by atoms with E-state index < -0.39 is 0 Å². The van der Waals surface area contributed by atoms with Crippen molar-refractivity contribution in [2.24, 2.45) is 0 Å². The lowest BCUT2D eigenvalue weighted by atomic mass is 10.1. The van der Waals surface area contributed by atoms with Gasteiger partial charge in [-0.1, -0.05) is 60.7 Å². The van der Waals surface area contributed by atoms with E-state index >= 15 is 0 Å². The molecule has 0 radical (unpaired) electrons. The Hall–Kier alpha value is -2.99. The molecular weight excluding hydrogens is 358 g/mol. The summed E-state index contributed by atoms with van der Waals surface area (Å²) in [5, 5.41) is 3.22. The Morgan fingerprint density at radius 2 is 1.67 bits per heavy atom. The van der Waals surface area contributed by atoms with E-state index in [0.29, 0.717) is 18.1 Å². The summed E-state index contributed by atoms with van der Waals surface area (Å²) in [5.74, 6) is -0.305. The maximum Gasteiger partial charge on any atom is 0.283 e. The van der Waals surface area contributed by atoms with Gasteiger partial charge in [-0.15, -0.1) is 11.3 Å². The number of hydrogen-bond donors (Lipinski definition) is 1. The van der Waals surface area contributed by atoms with Crippen LogP contribution in [-0.4, -0.2) is 41.3 Å². The molecule has 1 saturated heterocycles. The zero-order valence-corrected chi connectivity index (χ0v) is 15.5. The van der Waals surface area contributed by atoms with Crippen LogP contribution < -0.4 is 5.32 Å². The largest absolute Gasteiger partial charge is 0.354 e. The monoisotopic (exact) mass is 377 g/mol. The second-order valence-electron chi connectivity index (χ2n) is 6.36. The van der Waals surface area contributed by atoms with Crippen molar-refractivity contribution >= 4 is 23.2 Å². The van der Waals surface area contributed by atoms with E-state index in [-0.39, 0.29) is 18.4 Å². The minimum Gasteiger partial charge on any atom is -0.354 e. The molecule has 0 aliphatic carbocycles. The lowest BCUT2D eigenvalue weighted by molar-refractivity contribution is -0.121. The molecule has 6 heteroatoms. The van der Waals surface area contributed by atoms with Gasteiger partial charge in [0.15, 0.2) is 5.01 Å². The lowest BCUT2D eigenvalue weighted by Gasteiger charge is -2.17. The first kappa shape index (κ1) is 17.4. The smallest absolute Gasteiger partial charge is 0.283 e. The molecule has 0 unspecified atom stereocenters. The topological polar surface area (TPSA) is 62.3 Å². The van der Waals surface area contributed by atoms with E-state index in [2.05, 4.69) is 10.3 Å². The Bertz CT molecular complexity index is 897. The van der Waals surface area contributed by atoms with E-state index in [1.54, 1.807) is 4.90 Å². The maximum absolute atomic E-state index is 13.0. The number of nitrogens with zero attached hydrogens (tertiary/aromatic N) is 2. The minimum absolute atomic E-state index is 0.0831. The summed E-state index contributed by atoms with van der Waals surface area (Å²) >= 11 is 1.38. The Kier molecular flexibility index (Phi) is 4.98. The van der Waals surface area contributed by atoms with E-state index in [0.717, 1.165) is 28.1 Å². The van der Waals surface area contributed by atoms with Gasteiger partial charge in [-0.25, -0.2) is 4.98 Å². The Morgan fingerprint density at radius 3 is 2.37 bits per heavy atom. The fourth-order valence-electron chi connectivity index (χ4n) is 3.10. The molecule has 1 fully saturated rings. The molecule has 0 bridgehead atoms. The first-order valence-corrected chi connectivity index (χ1v) is 9.71. The van der Waals surface area contributed by atoms with Crippen LogP contribution in [0, 0.1) is 0 Å². The van der Waals surface area contributed by atoms with Gasteiger partial charge < -0.3 is 10.2 Å². The summed E-state index contributed by atoms with van der Waals surface area (Å²) < 4.78 is 0. The molecule has 27 heavy (non-hydrogen) atoms. The van der Waals surface area contributed by atoms with Crippen molar-refractivity contribution in [1.29, 1.82) is 0 Å². The van der Waals surface area contributed by atoms with Gasteiger partial charge in [-0.3, -0.25) is 9.59 Å². The molecule has 2 amide bonds. The summed E-state index contributed by atoms with van der Waals surface area (Å²) in [6.07, 6.45) is 0.750. The summed E-state index contributed by atoms with van der Waals surface area (Å²) in [7, 11) is 0. The predicted molar refractivity (Wildman–Crippen MR) is 107 cm³/mol. The summed E-state index contributed by atoms with van der Waals surface area (Å²) in [4.78, 5) is 32.1. The number of nitrogens with one attached hydrogen (secondary N) is 1. The van der Waals surface area contributed by atoms with Gasteiger partial charge in [0.2, 0.25) is 5.91 Å². The van der Waals surface area contributed by atoms with Crippen LogP contribution in [0.2, 0.25) is 0 Å². The first-order valence-electron chi connectivity index (χ1n) is 8.90. The van der Waals surface area contributed by atoms with Crippen molar-refractivity contribution in [2.45, 2.75) is 6.42 Å². The number of benzene rings is 2. The number of hydrogen-bond acceptors (Lipinski definition) is 4. The molecule has 2 aromatic carbocycles. The molecule has 136 valence electrons. The summed E-state index contributed by atoms with van der Waals surface area (Å²) in [5.41, 5.74) is 2.80. The maximum atomic E-state index is 13.0. The van der Waals surface area contributed by atoms with Crippen LogP contribution in [0.4, 0.5) is 0 Å². The van der Waals surface area contributed by atoms with E-state index in [4.69, 9.17) is 0 Å². The molecule has 3 aromatic rings. The van der Waals surface area contributed by atoms with Crippen LogP contribution in [0.3, 0.4) is 0 Å². The summed E-state index contributed by atoms with van der Waals surface area (Å²) in [6.45, 7) is 1.24. The van der Waals surface area contributed by atoms with Gasteiger partial charge in [-0.2, -0.15) is 0 Å². The molecule has 0 spiro atoms. The quantitative estimate of drug-likeness (QED) is 0.761. The summed E-state index contributed by atoms with van der Waals surface area (Å²) in [6, 6.07) is 19.8. The Labute approximate surface area is 161 Å². The van der Waals surface area contributed by atoms with E-state index in [1.807, 2.05) is 60.7 Å². The van der Waals surface area contributed by atoms with E-state index in [9.17, 15) is 9.59 Å². The highest BCUT2D eigenvalue weighted by atomic mass is 32.1. The fraction of sp³-hybridized carbons (Fsp3) is 0.190. The average molecular weight is 377 g/mol. The van der Waals surface area contributed by atoms with Crippen molar-refractivity contribution in [3.8, 4) is 21.7 Å². The number of aromatic nitrogens is 1. The van der Waals surface area contributed by atoms with Crippen LogP contribution in [0.15, 0.2) is 60.7 Å². The third-order valence-electron chi connectivity index (χ3n) is 4.44. The van der Waals surface area contributed by atoms with Crippen molar-refractivity contribution < 1.29 is 9.59 Å². The van der Waals surface area contributed by atoms with Crippen LogP contribution in [-0.2, 0) is 4.79 Å². The van der Waals surface area contributed by atoms with Crippen LogP contribution in [0.1, 0.15) is 16.2 Å². The van der Waals surface area contributed by atoms with Gasteiger partial charge in [0.1, 0.15) is 0 Å². The van der Waals surface area contributed by atoms with Crippen LogP contribution in [0.5, 0.6) is 0 Å². The van der Waals surface area contributed by atoms with Crippen LogP contribution in [0.25, 0.3) is 21.7 Å². The molecule has 1 N–H and O–H groups in total. The molecule has 0 saturated carbocycles. The van der Waals surface area contributed by atoms with Crippen molar-refractivity contribution in [3.63, 3.8) is 0 Å². The second-order valence-corrected chi connectivity index (χ2v) is 7.36. The highest BCUT2D eigenvalue weighted by molar-refractivity contribution is 7.17. The van der Waals surface area contributed by atoms with Crippen molar-refractivity contribution in [1.82, 2.24) is 15.2 Å². The molecule has 0 atom stereocenters. The Morgan fingerprint density at radius 1 is 1.00 bits per heavy atom. The highest BCUT2D eigenvalue weighted by Crippen LogP contribution is 2.37. The molecule has 4 rings (SSSR count). The number of carbonyl (C=O) groups is 2. The minimum atomic E-state index is -0.184. The third kappa shape index (κ3) is 3.75. The molecular formula is C21H19N3O2S. The number of carbonyl (C=O) groups excluding carboxylic acids is 2. The molecule has 1 aliphatic rings. The zero-order chi connectivity index (χ0) is 18.6. The van der Waals surface area contributed by atoms with Crippen molar-refractivity contribution in [3.05, 3.63) is 65.7 Å². The lowest BCUT2D eigenvalue weighted by Crippen LogP contribution is -2.37. The molecule has 1 aromatic heterocycles. The standard InChI is InChI=1S/C21H19N3O2S/c25-17-14-24(13-7-12-22-17)21(26)20-23-18(15-8-3-1-4-9-15)19(27-20)16-10-5-2-6-11-16/h1-6,8-11H,7,12-14H2,(H,22,25). The van der Waals surface area contributed by atoms with Gasteiger partial charge in [0.25, 0.3) is 5.91 Å². The number of amides is 2. The number of thiazole rings is 1. The zero-order valence-electron chi connectivity index (χ0n) is 14.7. The highest BCUT2D eigenvalue weighted by Gasteiger charge is 2.25. The SMILES string of the molecule is O=C1CN(C(=O)c2nc(-c3ccccc3)c(-c3ccccc3)s2)CCCN1. The third-order valence-corrected chi connectivity index (χ3v) is 5.53. The number of rotatable bonds is 3. The van der Waals surface area contributed by atoms with E-state index in [1.165, 1.54) is 11.3 Å². The van der Waals surface area contributed by atoms with Gasteiger partial charge in [0, 0.05) is 18.7 Å². The molecule has 1 aliphatic heterocycles. The van der Waals surface area contributed by atoms with Gasteiger partial charge in [0.05, 0.1) is 17.1 Å². The molecule has 2 heterocycles. The normalized spacial score (nSPS) is 14.5. The average Bonchev–Trinajstić information content (AvgIpc) is 3.05. The fourth-order valence-corrected chi connectivity index (χ4v) is 4.16.